The Bertz CT molecular complexity index is 709. The van der Waals surface area contributed by atoms with Gasteiger partial charge in [0.15, 0.2) is 5.82 Å². The second-order valence-electron chi connectivity index (χ2n) is 4.47. The monoisotopic (exact) mass is 295 g/mol. The highest BCUT2D eigenvalue weighted by Crippen LogP contribution is 2.16. The molecule has 104 valence electrons. The average molecular weight is 295 g/mol. The van der Waals surface area contributed by atoms with Crippen LogP contribution in [0.5, 0.6) is 0 Å². The van der Waals surface area contributed by atoms with E-state index >= 15 is 0 Å². The summed E-state index contributed by atoms with van der Waals surface area (Å²) in [6.45, 7) is 0. The molecule has 0 radical (unpaired) electrons. The number of carbonyl (C=O) groups excluding carboxylic acids is 1. The molecule has 3 aromatic rings. The van der Waals surface area contributed by atoms with Gasteiger partial charge in [0.1, 0.15) is 0 Å². The van der Waals surface area contributed by atoms with Crippen molar-refractivity contribution in [2.45, 2.75) is 6.42 Å². The summed E-state index contributed by atoms with van der Waals surface area (Å²) in [4.78, 5) is 12.9. The molecule has 0 atom stereocenters. The quantitative estimate of drug-likeness (QED) is 0.802. The van der Waals surface area contributed by atoms with Crippen molar-refractivity contribution in [3.8, 4) is 11.3 Å². The Balaban J connectivity index is 1.66. The first-order valence-corrected chi connectivity index (χ1v) is 7.40. The second kappa shape index (κ2) is 6.28. The minimum absolute atomic E-state index is 0.0841. The van der Waals surface area contributed by atoms with Gasteiger partial charge in [-0.25, -0.2) is 0 Å². The van der Waals surface area contributed by atoms with Gasteiger partial charge in [-0.2, -0.15) is 0 Å². The molecule has 21 heavy (non-hydrogen) atoms. The van der Waals surface area contributed by atoms with E-state index in [2.05, 4.69) is 15.5 Å². The summed E-state index contributed by atoms with van der Waals surface area (Å²) in [7, 11) is 0. The molecule has 1 N–H and O–H groups in total. The van der Waals surface area contributed by atoms with Crippen molar-refractivity contribution in [2.75, 3.05) is 5.32 Å². The van der Waals surface area contributed by atoms with Crippen molar-refractivity contribution in [1.29, 1.82) is 0 Å². The number of benzene rings is 1. The van der Waals surface area contributed by atoms with E-state index < -0.39 is 0 Å². The summed E-state index contributed by atoms with van der Waals surface area (Å²) in [5.74, 6) is 0.385. The largest absolute Gasteiger partial charge is 0.309 e. The number of amides is 1. The number of rotatable bonds is 4. The van der Waals surface area contributed by atoms with Crippen LogP contribution in [0.2, 0.25) is 0 Å². The van der Waals surface area contributed by atoms with Crippen LogP contribution in [0.1, 0.15) is 4.88 Å². The van der Waals surface area contributed by atoms with Crippen molar-refractivity contribution in [3.05, 3.63) is 64.9 Å². The number of hydrogen-bond acceptors (Lipinski definition) is 4. The Labute approximate surface area is 126 Å². The van der Waals surface area contributed by atoms with Crippen LogP contribution in [0.15, 0.2) is 60.0 Å². The fraction of sp³-hybridized carbons (Fsp3) is 0.0625. The average Bonchev–Trinajstić information content (AvgIpc) is 3.02. The normalized spacial score (nSPS) is 10.3. The highest BCUT2D eigenvalue weighted by atomic mass is 32.1. The van der Waals surface area contributed by atoms with Gasteiger partial charge in [0.25, 0.3) is 0 Å². The predicted molar refractivity (Wildman–Crippen MR) is 84.1 cm³/mol. The molecule has 5 heteroatoms. The van der Waals surface area contributed by atoms with E-state index in [0.29, 0.717) is 12.2 Å². The van der Waals surface area contributed by atoms with Gasteiger partial charge in [0.2, 0.25) is 5.91 Å². The minimum atomic E-state index is -0.0841. The molecular weight excluding hydrogens is 282 g/mol. The molecule has 2 aromatic heterocycles. The van der Waals surface area contributed by atoms with Gasteiger partial charge in [-0.3, -0.25) is 4.79 Å². The third-order valence-corrected chi connectivity index (χ3v) is 3.79. The van der Waals surface area contributed by atoms with Crippen LogP contribution in [0, 0.1) is 0 Å². The standard InChI is InChI=1S/C16H13N3OS/c20-16(11-13-7-4-10-21-13)17-15-9-8-14(18-19-15)12-5-2-1-3-6-12/h1-10H,11H2,(H,17,19,20). The number of aromatic nitrogens is 2. The van der Waals surface area contributed by atoms with Gasteiger partial charge in [-0.15, -0.1) is 21.5 Å². The van der Waals surface area contributed by atoms with Crippen molar-refractivity contribution in [1.82, 2.24) is 10.2 Å². The number of hydrogen-bond donors (Lipinski definition) is 1. The van der Waals surface area contributed by atoms with Gasteiger partial charge in [-0.05, 0) is 23.6 Å². The number of anilines is 1. The van der Waals surface area contributed by atoms with Crippen molar-refractivity contribution >= 4 is 23.1 Å². The Kier molecular flexibility index (Phi) is 4.02. The lowest BCUT2D eigenvalue weighted by molar-refractivity contribution is -0.115. The van der Waals surface area contributed by atoms with Gasteiger partial charge in [0.05, 0.1) is 12.1 Å². The van der Waals surface area contributed by atoms with E-state index in [1.165, 1.54) is 0 Å². The molecule has 0 fully saturated rings. The maximum Gasteiger partial charge on any atom is 0.230 e. The zero-order valence-corrected chi connectivity index (χ0v) is 12.0. The van der Waals surface area contributed by atoms with Gasteiger partial charge < -0.3 is 5.32 Å². The van der Waals surface area contributed by atoms with Gasteiger partial charge in [-0.1, -0.05) is 36.4 Å². The van der Waals surface area contributed by atoms with Crippen molar-refractivity contribution in [2.24, 2.45) is 0 Å². The smallest absolute Gasteiger partial charge is 0.230 e. The van der Waals surface area contributed by atoms with Crippen LogP contribution in [-0.4, -0.2) is 16.1 Å². The van der Waals surface area contributed by atoms with Crippen molar-refractivity contribution in [3.63, 3.8) is 0 Å². The number of nitrogens with one attached hydrogen (secondary N) is 1. The number of thiophene rings is 1. The van der Waals surface area contributed by atoms with E-state index in [9.17, 15) is 4.79 Å². The SMILES string of the molecule is O=C(Cc1cccs1)Nc1ccc(-c2ccccc2)nn1. The molecule has 1 amide bonds. The zero-order valence-electron chi connectivity index (χ0n) is 11.2. The minimum Gasteiger partial charge on any atom is -0.309 e. The second-order valence-corrected chi connectivity index (χ2v) is 5.51. The summed E-state index contributed by atoms with van der Waals surface area (Å²) >= 11 is 1.56. The van der Waals surface area contributed by atoms with Gasteiger partial charge in [0, 0.05) is 10.4 Å². The lowest BCUT2D eigenvalue weighted by atomic mass is 10.1. The third-order valence-electron chi connectivity index (χ3n) is 2.92. The molecule has 3 rings (SSSR count). The topological polar surface area (TPSA) is 54.9 Å². The molecule has 0 saturated heterocycles. The summed E-state index contributed by atoms with van der Waals surface area (Å²) in [6.07, 6.45) is 0.361. The predicted octanol–water partition coefficient (Wildman–Crippen LogP) is 3.39. The zero-order chi connectivity index (χ0) is 14.5. The fourth-order valence-electron chi connectivity index (χ4n) is 1.92. The van der Waals surface area contributed by atoms with Gasteiger partial charge >= 0.3 is 0 Å². The first-order chi connectivity index (χ1) is 10.3. The molecule has 0 spiro atoms. The van der Waals surface area contributed by atoms with Crippen LogP contribution in [-0.2, 0) is 11.2 Å². The summed E-state index contributed by atoms with van der Waals surface area (Å²) in [5, 5.41) is 12.9. The molecule has 1 aromatic carbocycles. The molecule has 0 aliphatic heterocycles. The Hall–Kier alpha value is -2.53. The molecule has 0 saturated carbocycles. The molecule has 2 heterocycles. The molecule has 0 aliphatic carbocycles. The van der Waals surface area contributed by atoms with E-state index in [1.807, 2.05) is 53.9 Å². The lowest BCUT2D eigenvalue weighted by Crippen LogP contribution is -2.15. The fourth-order valence-corrected chi connectivity index (χ4v) is 2.62. The van der Waals surface area contributed by atoms with E-state index in [4.69, 9.17) is 0 Å². The Morgan fingerprint density at radius 1 is 1.00 bits per heavy atom. The van der Waals surface area contributed by atoms with Crippen LogP contribution in [0.3, 0.4) is 0 Å². The molecular formula is C16H13N3OS. The Morgan fingerprint density at radius 3 is 2.52 bits per heavy atom. The highest BCUT2D eigenvalue weighted by molar-refractivity contribution is 7.10. The highest BCUT2D eigenvalue weighted by Gasteiger charge is 2.06. The maximum atomic E-state index is 11.9. The lowest BCUT2D eigenvalue weighted by Gasteiger charge is -2.04. The van der Waals surface area contributed by atoms with E-state index in [1.54, 1.807) is 17.4 Å². The van der Waals surface area contributed by atoms with E-state index in [0.717, 1.165) is 16.1 Å². The molecule has 0 bridgehead atoms. The van der Waals surface area contributed by atoms with Crippen LogP contribution in [0.25, 0.3) is 11.3 Å². The molecule has 4 nitrogen and oxygen atoms in total. The van der Waals surface area contributed by atoms with Crippen LogP contribution in [0.4, 0.5) is 5.82 Å². The summed E-state index contributed by atoms with van der Waals surface area (Å²) in [5.41, 5.74) is 1.79. The van der Waals surface area contributed by atoms with E-state index in [-0.39, 0.29) is 5.91 Å². The van der Waals surface area contributed by atoms with Crippen LogP contribution < -0.4 is 5.32 Å². The molecule has 0 unspecified atom stereocenters. The van der Waals surface area contributed by atoms with Crippen LogP contribution >= 0.6 is 11.3 Å². The summed E-state index contributed by atoms with van der Waals surface area (Å²) in [6, 6.07) is 17.3. The van der Waals surface area contributed by atoms with Crippen molar-refractivity contribution < 1.29 is 4.79 Å². The number of nitrogens with zero attached hydrogens (tertiary/aromatic N) is 2. The third kappa shape index (κ3) is 3.52. The first kappa shape index (κ1) is 13.5. The maximum absolute atomic E-state index is 11.9. The first-order valence-electron chi connectivity index (χ1n) is 6.52. The molecule has 0 aliphatic rings. The summed E-state index contributed by atoms with van der Waals surface area (Å²) < 4.78 is 0. The Morgan fingerprint density at radius 2 is 1.86 bits per heavy atom. The number of carbonyl (C=O) groups is 1.